The SMILES string of the molecule is COc1c(I)c(I)nn1C(C)(C)C. The van der Waals surface area contributed by atoms with Crippen LogP contribution in [0.1, 0.15) is 20.8 Å². The molecule has 0 aliphatic heterocycles. The second-order valence-corrected chi connectivity index (χ2v) is 5.80. The zero-order valence-electron chi connectivity index (χ0n) is 8.06. The lowest BCUT2D eigenvalue weighted by molar-refractivity contribution is 0.280. The first-order valence-corrected chi connectivity index (χ1v) is 6.02. The number of halogens is 2. The largest absolute Gasteiger partial charge is 0.480 e. The van der Waals surface area contributed by atoms with E-state index in [1.807, 2.05) is 4.68 Å². The average molecular weight is 406 g/mol. The van der Waals surface area contributed by atoms with Crippen LogP contribution < -0.4 is 4.74 Å². The van der Waals surface area contributed by atoms with Crippen LogP contribution in [0.4, 0.5) is 0 Å². The van der Waals surface area contributed by atoms with Crippen molar-refractivity contribution in [3.8, 4) is 5.88 Å². The summed E-state index contributed by atoms with van der Waals surface area (Å²) in [4.78, 5) is 0. The van der Waals surface area contributed by atoms with E-state index in [0.29, 0.717) is 0 Å². The molecule has 0 bridgehead atoms. The molecule has 0 fully saturated rings. The van der Waals surface area contributed by atoms with Crippen LogP contribution >= 0.6 is 45.2 Å². The van der Waals surface area contributed by atoms with Gasteiger partial charge in [0, 0.05) is 0 Å². The molecule has 0 spiro atoms. The second kappa shape index (κ2) is 3.92. The zero-order chi connectivity index (χ0) is 10.2. The molecule has 1 aromatic heterocycles. The Hall–Kier alpha value is 0.470. The molecule has 0 saturated heterocycles. The first kappa shape index (κ1) is 11.5. The van der Waals surface area contributed by atoms with Crippen molar-refractivity contribution in [2.75, 3.05) is 7.11 Å². The normalized spacial score (nSPS) is 11.8. The topological polar surface area (TPSA) is 27.1 Å². The van der Waals surface area contributed by atoms with Crippen LogP contribution in [0.25, 0.3) is 0 Å². The van der Waals surface area contributed by atoms with Gasteiger partial charge in [-0.1, -0.05) is 0 Å². The summed E-state index contributed by atoms with van der Waals surface area (Å²) in [5.41, 5.74) is -0.0330. The maximum Gasteiger partial charge on any atom is 0.227 e. The highest BCUT2D eigenvalue weighted by Gasteiger charge is 2.23. The van der Waals surface area contributed by atoms with E-state index in [1.54, 1.807) is 7.11 Å². The van der Waals surface area contributed by atoms with Crippen LogP contribution in [-0.4, -0.2) is 16.9 Å². The van der Waals surface area contributed by atoms with Crippen LogP contribution in [0.15, 0.2) is 0 Å². The molecule has 0 radical (unpaired) electrons. The fourth-order valence-electron chi connectivity index (χ4n) is 0.989. The van der Waals surface area contributed by atoms with Gasteiger partial charge in [0.25, 0.3) is 0 Å². The smallest absolute Gasteiger partial charge is 0.227 e. The number of methoxy groups -OCH3 is 1. The van der Waals surface area contributed by atoms with Gasteiger partial charge in [-0.2, -0.15) is 5.10 Å². The summed E-state index contributed by atoms with van der Waals surface area (Å²) in [6.07, 6.45) is 0. The average Bonchev–Trinajstić information content (AvgIpc) is 2.28. The standard InChI is InChI=1S/C8H12I2N2O/c1-8(2,3)12-7(13-4)5(9)6(10)11-12/h1-4H3. The van der Waals surface area contributed by atoms with Gasteiger partial charge in [0.1, 0.15) is 7.27 Å². The van der Waals surface area contributed by atoms with E-state index >= 15 is 0 Å². The quantitative estimate of drug-likeness (QED) is 0.672. The fourth-order valence-corrected chi connectivity index (χ4v) is 1.99. The highest BCUT2D eigenvalue weighted by molar-refractivity contribution is 14.1. The molecular weight excluding hydrogens is 394 g/mol. The molecule has 0 amide bonds. The van der Waals surface area contributed by atoms with Gasteiger partial charge in [0.05, 0.1) is 12.6 Å². The van der Waals surface area contributed by atoms with E-state index in [-0.39, 0.29) is 5.54 Å². The molecule has 0 aliphatic carbocycles. The zero-order valence-corrected chi connectivity index (χ0v) is 12.4. The maximum absolute atomic E-state index is 5.31. The Bertz CT molecular complexity index is 315. The van der Waals surface area contributed by atoms with Crippen molar-refractivity contribution in [2.45, 2.75) is 26.3 Å². The van der Waals surface area contributed by atoms with Crippen LogP contribution in [0, 0.1) is 7.27 Å². The summed E-state index contributed by atoms with van der Waals surface area (Å²) in [6.45, 7) is 6.32. The molecule has 13 heavy (non-hydrogen) atoms. The van der Waals surface area contributed by atoms with Crippen LogP contribution in [0.5, 0.6) is 5.88 Å². The number of hydrogen-bond donors (Lipinski definition) is 0. The molecule has 0 unspecified atom stereocenters. The minimum absolute atomic E-state index is 0.0330. The van der Waals surface area contributed by atoms with E-state index in [4.69, 9.17) is 4.74 Å². The van der Waals surface area contributed by atoms with Crippen LogP contribution in [0.3, 0.4) is 0 Å². The van der Waals surface area contributed by atoms with Crippen molar-refractivity contribution in [1.29, 1.82) is 0 Å². The monoisotopic (exact) mass is 406 g/mol. The lowest BCUT2D eigenvalue weighted by Crippen LogP contribution is -2.23. The summed E-state index contributed by atoms with van der Waals surface area (Å²) in [6, 6.07) is 0. The minimum atomic E-state index is -0.0330. The highest BCUT2D eigenvalue weighted by atomic mass is 127. The number of rotatable bonds is 1. The van der Waals surface area contributed by atoms with E-state index < -0.39 is 0 Å². The summed E-state index contributed by atoms with van der Waals surface area (Å²) >= 11 is 4.46. The molecule has 0 aromatic carbocycles. The molecule has 1 heterocycles. The first-order valence-electron chi connectivity index (χ1n) is 3.86. The molecule has 1 aromatic rings. The molecule has 0 N–H and O–H groups in total. The summed E-state index contributed by atoms with van der Waals surface area (Å²) < 4.78 is 9.29. The van der Waals surface area contributed by atoms with Gasteiger partial charge in [-0.15, -0.1) is 0 Å². The van der Waals surface area contributed by atoms with E-state index in [2.05, 4.69) is 71.1 Å². The molecule has 3 nitrogen and oxygen atoms in total. The molecule has 5 heteroatoms. The Morgan fingerprint density at radius 2 is 1.85 bits per heavy atom. The Balaban J connectivity index is 3.30. The van der Waals surface area contributed by atoms with Crippen molar-refractivity contribution >= 4 is 45.2 Å². The lowest BCUT2D eigenvalue weighted by atomic mass is 10.1. The molecule has 0 aliphatic rings. The minimum Gasteiger partial charge on any atom is -0.480 e. The van der Waals surface area contributed by atoms with Crippen LogP contribution in [-0.2, 0) is 5.54 Å². The van der Waals surface area contributed by atoms with Crippen molar-refractivity contribution in [1.82, 2.24) is 9.78 Å². The number of hydrogen-bond acceptors (Lipinski definition) is 2. The predicted octanol–water partition coefficient (Wildman–Crippen LogP) is 2.86. The highest BCUT2D eigenvalue weighted by Crippen LogP contribution is 2.30. The van der Waals surface area contributed by atoms with Gasteiger partial charge in [-0.05, 0) is 66.0 Å². The Morgan fingerprint density at radius 3 is 2.15 bits per heavy atom. The Morgan fingerprint density at radius 1 is 1.31 bits per heavy atom. The molecule has 0 saturated carbocycles. The number of ether oxygens (including phenoxy) is 1. The lowest BCUT2D eigenvalue weighted by Gasteiger charge is -2.21. The molecule has 1 rings (SSSR count). The van der Waals surface area contributed by atoms with Crippen molar-refractivity contribution in [3.05, 3.63) is 7.27 Å². The van der Waals surface area contributed by atoms with E-state index in [0.717, 1.165) is 13.2 Å². The van der Waals surface area contributed by atoms with Gasteiger partial charge in [-0.25, -0.2) is 4.68 Å². The van der Waals surface area contributed by atoms with Crippen molar-refractivity contribution in [3.63, 3.8) is 0 Å². The second-order valence-electron chi connectivity index (χ2n) is 3.70. The third-order valence-electron chi connectivity index (χ3n) is 1.58. The third-order valence-corrected chi connectivity index (χ3v) is 4.34. The Kier molecular flexibility index (Phi) is 3.48. The van der Waals surface area contributed by atoms with E-state index in [9.17, 15) is 0 Å². The van der Waals surface area contributed by atoms with Gasteiger partial charge in [0.15, 0.2) is 0 Å². The number of aromatic nitrogens is 2. The molecule has 0 atom stereocenters. The summed E-state index contributed by atoms with van der Waals surface area (Å²) in [7, 11) is 1.68. The van der Waals surface area contributed by atoms with E-state index in [1.165, 1.54) is 0 Å². The summed E-state index contributed by atoms with van der Waals surface area (Å²) in [5.74, 6) is 0.845. The maximum atomic E-state index is 5.31. The Labute approximate surface area is 106 Å². The number of nitrogens with zero attached hydrogens (tertiary/aromatic N) is 2. The first-order chi connectivity index (χ1) is 5.88. The summed E-state index contributed by atoms with van der Waals surface area (Å²) in [5, 5.41) is 4.42. The predicted molar refractivity (Wildman–Crippen MR) is 69.2 cm³/mol. The van der Waals surface area contributed by atoms with Gasteiger partial charge < -0.3 is 4.74 Å². The van der Waals surface area contributed by atoms with Gasteiger partial charge in [0.2, 0.25) is 5.88 Å². The molecule has 74 valence electrons. The molecular formula is C8H12I2N2O. The third kappa shape index (κ3) is 2.28. The fraction of sp³-hybridized carbons (Fsp3) is 0.625. The van der Waals surface area contributed by atoms with Gasteiger partial charge in [-0.3, -0.25) is 0 Å². The van der Waals surface area contributed by atoms with Crippen molar-refractivity contribution in [2.24, 2.45) is 0 Å². The van der Waals surface area contributed by atoms with Crippen LogP contribution in [0.2, 0.25) is 0 Å². The van der Waals surface area contributed by atoms with Gasteiger partial charge >= 0.3 is 0 Å². The van der Waals surface area contributed by atoms with Crippen molar-refractivity contribution < 1.29 is 4.74 Å².